The molecular weight excluding hydrogens is 410 g/mol. The lowest BCUT2D eigenvalue weighted by atomic mass is 9.88. The summed E-state index contributed by atoms with van der Waals surface area (Å²) >= 11 is 1.36. The molecule has 3 rings (SSSR count). The van der Waals surface area contributed by atoms with Gasteiger partial charge in [0.1, 0.15) is 6.04 Å². The molecule has 6 nitrogen and oxygen atoms in total. The van der Waals surface area contributed by atoms with Crippen molar-refractivity contribution in [3.8, 4) is 0 Å². The number of nitrogens with one attached hydrogen (secondary N) is 2. The van der Waals surface area contributed by atoms with E-state index in [1.165, 1.54) is 11.3 Å². The van der Waals surface area contributed by atoms with Gasteiger partial charge in [-0.2, -0.15) is 0 Å². The highest BCUT2D eigenvalue weighted by Crippen LogP contribution is 2.24. The standard InChI is InChI=1S/C24H31N3O3S/c1-16(2)15-25-23(29)21(26-22(28)20-9-6-14-31-20)18-10-12-27(13-11-18)24(30)19-8-5-4-7-17(19)3/h4-9,14,16,18,21H,10-13,15H2,1-3H3,(H,25,29)(H,26,28)/t21-/m1/s1. The van der Waals surface area contributed by atoms with Crippen LogP contribution in [0.25, 0.3) is 0 Å². The van der Waals surface area contributed by atoms with Gasteiger partial charge in [-0.1, -0.05) is 38.1 Å². The molecule has 0 spiro atoms. The van der Waals surface area contributed by atoms with Crippen LogP contribution in [0.15, 0.2) is 41.8 Å². The summed E-state index contributed by atoms with van der Waals surface area (Å²) in [6.45, 7) is 7.72. The monoisotopic (exact) mass is 441 g/mol. The zero-order valence-electron chi connectivity index (χ0n) is 18.4. The maximum Gasteiger partial charge on any atom is 0.262 e. The molecule has 1 aliphatic heterocycles. The summed E-state index contributed by atoms with van der Waals surface area (Å²) in [5.74, 6) is -0.0384. The SMILES string of the molecule is Cc1ccccc1C(=O)N1CCC([C@@H](NC(=O)c2cccs2)C(=O)NCC(C)C)CC1. The summed E-state index contributed by atoms with van der Waals surface area (Å²) in [4.78, 5) is 40.9. The van der Waals surface area contributed by atoms with Crippen molar-refractivity contribution in [1.82, 2.24) is 15.5 Å². The first kappa shape index (κ1) is 23.0. The van der Waals surface area contributed by atoms with Gasteiger partial charge in [-0.15, -0.1) is 11.3 Å². The summed E-state index contributed by atoms with van der Waals surface area (Å²) in [7, 11) is 0. The number of rotatable bonds is 7. The Labute approximate surface area is 188 Å². The smallest absolute Gasteiger partial charge is 0.262 e. The summed E-state index contributed by atoms with van der Waals surface area (Å²) in [6, 6.07) is 10.6. The first-order valence-corrected chi connectivity index (χ1v) is 11.7. The number of amides is 3. The van der Waals surface area contributed by atoms with E-state index >= 15 is 0 Å². The molecule has 0 saturated carbocycles. The quantitative estimate of drug-likeness (QED) is 0.691. The number of carbonyl (C=O) groups excluding carboxylic acids is 3. The van der Waals surface area contributed by atoms with E-state index in [0.717, 1.165) is 11.1 Å². The Morgan fingerprint density at radius 1 is 1.10 bits per heavy atom. The Morgan fingerprint density at radius 2 is 1.81 bits per heavy atom. The lowest BCUT2D eigenvalue weighted by Gasteiger charge is -2.36. The molecule has 2 heterocycles. The van der Waals surface area contributed by atoms with Crippen LogP contribution in [0.1, 0.15) is 52.3 Å². The van der Waals surface area contributed by atoms with Crippen molar-refractivity contribution in [3.05, 3.63) is 57.8 Å². The van der Waals surface area contributed by atoms with E-state index in [1.807, 2.05) is 61.4 Å². The fraction of sp³-hybridized carbons (Fsp3) is 0.458. The van der Waals surface area contributed by atoms with Gasteiger partial charge in [-0.25, -0.2) is 0 Å². The average molecular weight is 442 g/mol. The second-order valence-corrected chi connectivity index (χ2v) is 9.46. The fourth-order valence-electron chi connectivity index (χ4n) is 3.85. The van der Waals surface area contributed by atoms with Crippen molar-refractivity contribution in [2.45, 2.75) is 39.7 Å². The normalized spacial score (nSPS) is 15.5. The maximum absolute atomic E-state index is 12.9. The van der Waals surface area contributed by atoms with Crippen molar-refractivity contribution in [1.29, 1.82) is 0 Å². The topological polar surface area (TPSA) is 78.5 Å². The molecule has 1 atom stereocenters. The Bertz CT molecular complexity index is 903. The first-order chi connectivity index (χ1) is 14.9. The van der Waals surface area contributed by atoms with E-state index in [4.69, 9.17) is 0 Å². The van der Waals surface area contributed by atoms with Gasteiger partial charge in [0.05, 0.1) is 4.88 Å². The van der Waals surface area contributed by atoms with E-state index in [9.17, 15) is 14.4 Å². The maximum atomic E-state index is 12.9. The molecule has 1 aromatic carbocycles. The molecule has 31 heavy (non-hydrogen) atoms. The molecule has 1 saturated heterocycles. The minimum Gasteiger partial charge on any atom is -0.354 e. The Morgan fingerprint density at radius 3 is 2.42 bits per heavy atom. The summed E-state index contributed by atoms with van der Waals surface area (Å²) in [6.07, 6.45) is 1.34. The van der Waals surface area contributed by atoms with Crippen molar-refractivity contribution in [3.63, 3.8) is 0 Å². The molecule has 7 heteroatoms. The number of carbonyl (C=O) groups is 3. The number of benzene rings is 1. The van der Waals surface area contributed by atoms with Gasteiger partial charge >= 0.3 is 0 Å². The fourth-order valence-corrected chi connectivity index (χ4v) is 4.48. The minimum atomic E-state index is -0.607. The average Bonchev–Trinajstić information content (AvgIpc) is 3.31. The van der Waals surface area contributed by atoms with Crippen LogP contribution in [0.3, 0.4) is 0 Å². The molecule has 2 aromatic rings. The predicted octanol–water partition coefficient (Wildman–Crippen LogP) is 3.48. The van der Waals surface area contributed by atoms with Gasteiger partial charge in [-0.05, 0) is 54.7 Å². The van der Waals surface area contributed by atoms with Gasteiger partial charge in [-0.3, -0.25) is 14.4 Å². The van der Waals surface area contributed by atoms with Gasteiger partial charge in [0.2, 0.25) is 5.91 Å². The van der Waals surface area contributed by atoms with Crippen molar-refractivity contribution in [2.75, 3.05) is 19.6 Å². The molecule has 1 aliphatic rings. The van der Waals surface area contributed by atoms with Crippen LogP contribution >= 0.6 is 11.3 Å². The van der Waals surface area contributed by atoms with Crippen LogP contribution in [-0.2, 0) is 4.79 Å². The van der Waals surface area contributed by atoms with Crippen LogP contribution in [-0.4, -0.2) is 48.3 Å². The Kier molecular flexibility index (Phi) is 7.85. The van der Waals surface area contributed by atoms with Crippen LogP contribution in [0, 0.1) is 18.8 Å². The van der Waals surface area contributed by atoms with Crippen molar-refractivity contribution < 1.29 is 14.4 Å². The molecule has 0 unspecified atom stereocenters. The number of piperidine rings is 1. The number of nitrogens with zero attached hydrogens (tertiary/aromatic N) is 1. The van der Waals surface area contributed by atoms with Gasteiger partial charge in [0.25, 0.3) is 11.8 Å². The predicted molar refractivity (Wildman–Crippen MR) is 123 cm³/mol. The molecule has 2 N–H and O–H groups in total. The number of hydrogen-bond donors (Lipinski definition) is 2. The zero-order chi connectivity index (χ0) is 22.4. The van der Waals surface area contributed by atoms with Crippen LogP contribution in [0.2, 0.25) is 0 Å². The van der Waals surface area contributed by atoms with Crippen LogP contribution in [0.5, 0.6) is 0 Å². The number of aryl methyl sites for hydroxylation is 1. The highest BCUT2D eigenvalue weighted by molar-refractivity contribution is 7.12. The van der Waals surface area contributed by atoms with E-state index < -0.39 is 6.04 Å². The van der Waals surface area contributed by atoms with Crippen molar-refractivity contribution in [2.24, 2.45) is 11.8 Å². The minimum absolute atomic E-state index is 0.0167. The Hall–Kier alpha value is -2.67. The zero-order valence-corrected chi connectivity index (χ0v) is 19.2. The molecule has 1 aromatic heterocycles. The van der Waals surface area contributed by atoms with E-state index in [0.29, 0.717) is 43.3 Å². The van der Waals surface area contributed by atoms with Gasteiger partial charge < -0.3 is 15.5 Å². The number of hydrogen-bond acceptors (Lipinski definition) is 4. The van der Waals surface area contributed by atoms with E-state index in [2.05, 4.69) is 10.6 Å². The summed E-state index contributed by atoms with van der Waals surface area (Å²) in [5.41, 5.74) is 1.68. The van der Waals surface area contributed by atoms with E-state index in [-0.39, 0.29) is 23.6 Å². The van der Waals surface area contributed by atoms with Crippen molar-refractivity contribution >= 4 is 29.1 Å². The molecule has 0 radical (unpaired) electrons. The molecule has 1 fully saturated rings. The second kappa shape index (κ2) is 10.6. The third kappa shape index (κ3) is 5.94. The molecular formula is C24H31N3O3S. The Balaban J connectivity index is 1.67. The van der Waals surface area contributed by atoms with E-state index in [1.54, 1.807) is 6.07 Å². The molecule has 3 amide bonds. The first-order valence-electron chi connectivity index (χ1n) is 10.8. The molecule has 0 aliphatic carbocycles. The highest BCUT2D eigenvalue weighted by Gasteiger charge is 2.34. The highest BCUT2D eigenvalue weighted by atomic mass is 32.1. The van der Waals surface area contributed by atoms with Gasteiger partial charge in [0, 0.05) is 25.2 Å². The third-order valence-corrected chi connectivity index (χ3v) is 6.54. The van der Waals surface area contributed by atoms with Crippen LogP contribution < -0.4 is 10.6 Å². The third-order valence-electron chi connectivity index (χ3n) is 5.67. The lowest BCUT2D eigenvalue weighted by molar-refractivity contribution is -0.124. The van der Waals surface area contributed by atoms with Gasteiger partial charge in [0.15, 0.2) is 0 Å². The van der Waals surface area contributed by atoms with Crippen LogP contribution in [0.4, 0.5) is 0 Å². The molecule has 0 bridgehead atoms. The summed E-state index contributed by atoms with van der Waals surface area (Å²) < 4.78 is 0. The number of likely N-dealkylation sites (tertiary alicyclic amines) is 1. The summed E-state index contributed by atoms with van der Waals surface area (Å²) in [5, 5.41) is 7.77. The second-order valence-electron chi connectivity index (χ2n) is 8.51. The molecule has 166 valence electrons. The number of thiophene rings is 1. The lowest BCUT2D eigenvalue weighted by Crippen LogP contribution is -2.54. The largest absolute Gasteiger partial charge is 0.354 e.